The zero-order chi connectivity index (χ0) is 23.7. The minimum atomic E-state index is -0.553. The molecule has 0 aliphatic heterocycles. The maximum absolute atomic E-state index is 12.0. The Balaban J connectivity index is 2.33. The number of pyridine rings is 2. The second kappa shape index (κ2) is 12.3. The topological polar surface area (TPSA) is 84.3 Å². The molecule has 2 rings (SSSR count). The lowest BCUT2D eigenvalue weighted by Gasteiger charge is -2.14. The van der Waals surface area contributed by atoms with Crippen molar-refractivity contribution in [2.45, 2.75) is 66.1 Å². The van der Waals surface area contributed by atoms with Crippen molar-refractivity contribution in [3.05, 3.63) is 59.6 Å². The van der Waals surface area contributed by atoms with Gasteiger partial charge in [-0.15, -0.1) is 0 Å². The molecular formula is C26H35N3O3. The average molecular weight is 438 g/mol. The van der Waals surface area contributed by atoms with Crippen LogP contribution in [0, 0.1) is 0 Å². The number of allylic oxidation sites excluding steroid dienone is 4. The fourth-order valence-electron chi connectivity index (χ4n) is 3.46. The molecule has 0 radical (unpaired) electrons. The zero-order valence-corrected chi connectivity index (χ0v) is 20.0. The van der Waals surface area contributed by atoms with E-state index >= 15 is 0 Å². The Labute approximate surface area is 191 Å². The molecule has 2 unspecified atom stereocenters. The van der Waals surface area contributed by atoms with E-state index in [1.54, 1.807) is 25.4 Å². The molecule has 0 saturated heterocycles. The Morgan fingerprint density at radius 3 is 2.53 bits per heavy atom. The van der Waals surface area contributed by atoms with Gasteiger partial charge in [0.1, 0.15) is 11.9 Å². The van der Waals surface area contributed by atoms with Crippen molar-refractivity contribution in [2.24, 2.45) is 0 Å². The molecule has 0 aromatic carbocycles. The van der Waals surface area contributed by atoms with Gasteiger partial charge in [0.25, 0.3) is 5.91 Å². The molecule has 172 valence electrons. The van der Waals surface area contributed by atoms with E-state index in [0.717, 1.165) is 52.4 Å². The lowest BCUT2D eigenvalue weighted by atomic mass is 9.96. The van der Waals surface area contributed by atoms with Crippen molar-refractivity contribution in [1.29, 1.82) is 0 Å². The van der Waals surface area contributed by atoms with E-state index in [0.29, 0.717) is 5.82 Å². The first kappa shape index (κ1) is 25.4. The van der Waals surface area contributed by atoms with Gasteiger partial charge in [-0.05, 0) is 62.5 Å². The van der Waals surface area contributed by atoms with Crippen LogP contribution < -0.4 is 5.32 Å². The van der Waals surface area contributed by atoms with Gasteiger partial charge in [0.05, 0.1) is 11.8 Å². The number of carbonyl (C=O) groups excluding carboxylic acids is 1. The monoisotopic (exact) mass is 437 g/mol. The summed E-state index contributed by atoms with van der Waals surface area (Å²) in [5, 5.41) is 15.1. The van der Waals surface area contributed by atoms with Crippen LogP contribution in [0.25, 0.3) is 16.3 Å². The molecule has 6 nitrogen and oxygen atoms in total. The summed E-state index contributed by atoms with van der Waals surface area (Å²) in [6, 6.07) is 3.79. The molecule has 0 fully saturated rings. The van der Waals surface area contributed by atoms with Gasteiger partial charge in [-0.1, -0.05) is 38.5 Å². The van der Waals surface area contributed by atoms with Crippen LogP contribution in [0.15, 0.2) is 53.9 Å². The number of hydrogen-bond donors (Lipinski definition) is 2. The molecule has 0 aliphatic carbocycles. The van der Waals surface area contributed by atoms with Gasteiger partial charge >= 0.3 is 0 Å². The maximum atomic E-state index is 12.0. The maximum Gasteiger partial charge on any atom is 0.254 e. The summed E-state index contributed by atoms with van der Waals surface area (Å²) in [5.74, 6) is 0.213. The lowest BCUT2D eigenvalue weighted by Crippen LogP contribution is -2.26. The van der Waals surface area contributed by atoms with Crippen LogP contribution in [-0.2, 0) is 9.53 Å². The van der Waals surface area contributed by atoms with Gasteiger partial charge in [-0.3, -0.25) is 9.78 Å². The number of ether oxygens (including phenoxy) is 1. The van der Waals surface area contributed by atoms with E-state index in [-0.39, 0.29) is 5.91 Å². The lowest BCUT2D eigenvalue weighted by molar-refractivity contribution is -0.124. The normalized spacial score (nSPS) is 15.0. The van der Waals surface area contributed by atoms with Crippen LogP contribution in [-0.4, -0.2) is 40.3 Å². The summed E-state index contributed by atoms with van der Waals surface area (Å²) in [5.41, 5.74) is 3.82. The first-order valence-corrected chi connectivity index (χ1v) is 11.2. The number of anilines is 1. The number of methoxy groups -OCH3 is 1. The van der Waals surface area contributed by atoms with Crippen LogP contribution in [0.1, 0.15) is 59.6 Å². The number of fused-ring (bicyclic) bond motifs is 1. The van der Waals surface area contributed by atoms with Crippen molar-refractivity contribution in [2.75, 3.05) is 12.4 Å². The quantitative estimate of drug-likeness (QED) is 0.483. The third-order valence-corrected chi connectivity index (χ3v) is 5.34. The van der Waals surface area contributed by atoms with Crippen LogP contribution in [0.2, 0.25) is 0 Å². The number of rotatable bonds is 10. The molecule has 2 heterocycles. The molecule has 6 heteroatoms. The Morgan fingerprint density at radius 2 is 1.91 bits per heavy atom. The number of hydrogen-bond acceptors (Lipinski definition) is 5. The second-order valence-corrected chi connectivity index (χ2v) is 7.80. The molecule has 0 saturated carbocycles. The average Bonchev–Trinajstić information content (AvgIpc) is 2.78. The first-order valence-electron chi connectivity index (χ1n) is 11.2. The van der Waals surface area contributed by atoms with Gasteiger partial charge in [0.2, 0.25) is 0 Å². The van der Waals surface area contributed by atoms with E-state index < -0.39 is 12.2 Å². The van der Waals surface area contributed by atoms with Gasteiger partial charge < -0.3 is 15.2 Å². The predicted octanol–water partition coefficient (Wildman–Crippen LogP) is 5.45. The summed E-state index contributed by atoms with van der Waals surface area (Å²) < 4.78 is 5.04. The first-order chi connectivity index (χ1) is 15.3. The Morgan fingerprint density at radius 1 is 1.22 bits per heavy atom. The Bertz CT molecular complexity index is 1020. The number of amides is 1. The predicted molar refractivity (Wildman–Crippen MR) is 131 cm³/mol. The van der Waals surface area contributed by atoms with Gasteiger partial charge in [0.15, 0.2) is 0 Å². The standard InChI is InChI=1S/C26H35N3O3/c1-7-10-19(24(30)11-8-2)12-17(4)22(9-3)23-13-20-16-28-25(14-21(20)15-27-23)29-26(31)18(5)32-6/h9-10,12-16,18,24,30H,7-8,11H2,1-6H3,(H,28,29,31)/b17-12-,19-10-,22-9+. The molecule has 32 heavy (non-hydrogen) atoms. The smallest absolute Gasteiger partial charge is 0.254 e. The molecule has 1 amide bonds. The zero-order valence-electron chi connectivity index (χ0n) is 20.0. The van der Waals surface area contributed by atoms with Crippen molar-refractivity contribution in [3.8, 4) is 0 Å². The molecule has 2 aromatic rings. The number of carbonyl (C=O) groups is 1. The fraction of sp³-hybridized carbons (Fsp3) is 0.423. The van der Waals surface area contributed by atoms with Crippen molar-refractivity contribution in [3.63, 3.8) is 0 Å². The summed E-state index contributed by atoms with van der Waals surface area (Å²) in [6.07, 6.45) is 11.2. The highest BCUT2D eigenvalue weighted by molar-refractivity contribution is 5.95. The number of aliphatic hydroxyl groups excluding tert-OH is 1. The van der Waals surface area contributed by atoms with Crippen LogP contribution in [0.4, 0.5) is 5.82 Å². The van der Waals surface area contributed by atoms with Gasteiger partial charge in [-0.2, -0.15) is 0 Å². The molecule has 2 aromatic heterocycles. The summed E-state index contributed by atoms with van der Waals surface area (Å²) in [7, 11) is 1.49. The van der Waals surface area contributed by atoms with E-state index in [9.17, 15) is 9.90 Å². The van der Waals surface area contributed by atoms with E-state index in [4.69, 9.17) is 4.74 Å². The third kappa shape index (κ3) is 6.58. The van der Waals surface area contributed by atoms with Crippen molar-refractivity contribution in [1.82, 2.24) is 9.97 Å². The molecule has 2 atom stereocenters. The molecule has 0 bridgehead atoms. The molecule has 2 N–H and O–H groups in total. The molecule has 0 aliphatic rings. The SMILES string of the molecule is C\C=C(/C(C)=C\C(=C\CC)C(O)CCC)c1cc2cnc(NC(=O)C(C)OC)cc2cn1. The molecular weight excluding hydrogens is 402 g/mol. The van der Waals surface area contributed by atoms with E-state index in [1.165, 1.54) is 7.11 Å². The van der Waals surface area contributed by atoms with Gasteiger partial charge in [-0.25, -0.2) is 4.98 Å². The molecule has 0 spiro atoms. The van der Waals surface area contributed by atoms with Crippen molar-refractivity contribution >= 4 is 28.1 Å². The fourth-order valence-corrected chi connectivity index (χ4v) is 3.46. The highest BCUT2D eigenvalue weighted by atomic mass is 16.5. The Kier molecular flexibility index (Phi) is 9.75. The van der Waals surface area contributed by atoms with E-state index in [1.807, 2.05) is 26.0 Å². The summed E-state index contributed by atoms with van der Waals surface area (Å²) in [4.78, 5) is 21.0. The number of aromatic nitrogens is 2. The number of aliphatic hydroxyl groups is 1. The second-order valence-electron chi connectivity index (χ2n) is 7.80. The number of nitrogens with zero attached hydrogens (tertiary/aromatic N) is 2. The minimum absolute atomic E-state index is 0.248. The van der Waals surface area contributed by atoms with Gasteiger partial charge in [0, 0.05) is 30.3 Å². The highest BCUT2D eigenvalue weighted by Gasteiger charge is 2.14. The van der Waals surface area contributed by atoms with Crippen LogP contribution in [0.3, 0.4) is 0 Å². The van der Waals surface area contributed by atoms with Crippen molar-refractivity contribution < 1.29 is 14.6 Å². The highest BCUT2D eigenvalue weighted by Crippen LogP contribution is 2.27. The summed E-state index contributed by atoms with van der Waals surface area (Å²) in [6.45, 7) is 9.85. The number of nitrogens with one attached hydrogen (secondary N) is 1. The summed E-state index contributed by atoms with van der Waals surface area (Å²) >= 11 is 0. The minimum Gasteiger partial charge on any atom is -0.388 e. The largest absolute Gasteiger partial charge is 0.388 e. The van der Waals surface area contributed by atoms with E-state index in [2.05, 4.69) is 41.3 Å². The third-order valence-electron chi connectivity index (χ3n) is 5.34. The van der Waals surface area contributed by atoms with Crippen LogP contribution >= 0.6 is 0 Å². The van der Waals surface area contributed by atoms with Crippen LogP contribution in [0.5, 0.6) is 0 Å². The Hall–Kier alpha value is -2.83.